The Hall–Kier alpha value is -4.02. The van der Waals surface area contributed by atoms with Gasteiger partial charge in [0.15, 0.2) is 5.82 Å². The lowest BCUT2D eigenvalue weighted by Crippen LogP contribution is -2.48. The summed E-state index contributed by atoms with van der Waals surface area (Å²) in [5.74, 6) is -0.635. The fourth-order valence-electron chi connectivity index (χ4n) is 4.51. The highest BCUT2D eigenvalue weighted by molar-refractivity contribution is 5.89. The molecule has 3 heterocycles. The largest absolute Gasteiger partial charge is 0.465 e. The van der Waals surface area contributed by atoms with Gasteiger partial charge < -0.3 is 24.7 Å². The normalized spacial score (nSPS) is 15.8. The Balaban J connectivity index is 1.53. The number of hydrogen-bond acceptors (Lipinski definition) is 7. The lowest BCUT2D eigenvalue weighted by Gasteiger charge is -2.38. The van der Waals surface area contributed by atoms with Crippen molar-refractivity contribution in [1.82, 2.24) is 25.3 Å². The molecule has 0 bridgehead atoms. The monoisotopic (exact) mass is 524 g/mol. The zero-order chi connectivity index (χ0) is 27.6. The number of benzene rings is 1. The molecule has 1 unspecified atom stereocenters. The van der Waals surface area contributed by atoms with Crippen LogP contribution in [0.2, 0.25) is 0 Å². The maximum atomic E-state index is 15.7. The summed E-state index contributed by atoms with van der Waals surface area (Å²) < 4.78 is 20.8. The van der Waals surface area contributed by atoms with Gasteiger partial charge in [-0.2, -0.15) is 4.98 Å². The number of hydrogen-bond donors (Lipinski definition) is 2. The van der Waals surface area contributed by atoms with Crippen molar-refractivity contribution in [3.8, 4) is 11.1 Å². The molecule has 38 heavy (non-hydrogen) atoms. The van der Waals surface area contributed by atoms with Crippen molar-refractivity contribution in [2.75, 3.05) is 25.0 Å². The molecule has 1 aliphatic heterocycles. The Morgan fingerprint density at radius 1 is 1.26 bits per heavy atom. The molecule has 0 aliphatic carbocycles. The third-order valence-corrected chi connectivity index (χ3v) is 6.91. The maximum Gasteiger partial charge on any atom is 0.407 e. The van der Waals surface area contributed by atoms with E-state index in [0.717, 1.165) is 25.1 Å². The zero-order valence-corrected chi connectivity index (χ0v) is 22.3. The molecular weight excluding hydrogens is 491 g/mol. The van der Waals surface area contributed by atoms with Gasteiger partial charge in [0, 0.05) is 49.4 Å². The van der Waals surface area contributed by atoms with Gasteiger partial charge in [0.1, 0.15) is 5.82 Å². The topological polar surface area (TPSA) is 125 Å². The van der Waals surface area contributed by atoms with Crippen LogP contribution in [0.3, 0.4) is 0 Å². The van der Waals surface area contributed by atoms with Crippen molar-refractivity contribution in [2.24, 2.45) is 0 Å². The standard InChI is InChI=1S/C27H33FN6O4/c1-16-17(13-30-23(35)24-31-25(32-38-24)27(2,3)4)8-9-20(22(16)28)19-10-11-29-14-21(19)34-12-6-7-18(15-34)33(5)26(36)37/h8-11,14,18H,6-7,12-13,15H2,1-5H3,(H,30,35)(H,36,37). The summed E-state index contributed by atoms with van der Waals surface area (Å²) in [6.45, 7) is 8.73. The average Bonchev–Trinajstić information content (AvgIpc) is 3.40. The lowest BCUT2D eigenvalue weighted by atomic mass is 9.96. The number of rotatable bonds is 6. The smallest absolute Gasteiger partial charge is 0.407 e. The third-order valence-electron chi connectivity index (χ3n) is 6.91. The van der Waals surface area contributed by atoms with Crippen LogP contribution in [0, 0.1) is 12.7 Å². The number of carbonyl (C=O) groups is 2. The van der Waals surface area contributed by atoms with Crippen molar-refractivity contribution in [1.29, 1.82) is 0 Å². The van der Waals surface area contributed by atoms with Crippen LogP contribution in [0.1, 0.15) is 61.2 Å². The van der Waals surface area contributed by atoms with E-state index in [2.05, 4.69) is 25.3 Å². The second kappa shape index (κ2) is 10.8. The second-order valence-electron chi connectivity index (χ2n) is 10.6. The zero-order valence-electron chi connectivity index (χ0n) is 22.3. The molecule has 1 saturated heterocycles. The SMILES string of the molecule is Cc1c(CNC(=O)c2nc(C(C)(C)C)no2)ccc(-c2ccncc2N2CCCC(N(C)C(=O)O)C2)c1F. The van der Waals surface area contributed by atoms with Crippen LogP contribution in [-0.4, -0.2) is 63.3 Å². The molecule has 2 aromatic heterocycles. The summed E-state index contributed by atoms with van der Waals surface area (Å²) in [5, 5.41) is 16.0. The number of aromatic nitrogens is 3. The summed E-state index contributed by atoms with van der Waals surface area (Å²) >= 11 is 0. The van der Waals surface area contributed by atoms with E-state index in [0.29, 0.717) is 34.6 Å². The number of nitrogens with zero attached hydrogens (tertiary/aromatic N) is 5. The Morgan fingerprint density at radius 3 is 2.71 bits per heavy atom. The first-order valence-electron chi connectivity index (χ1n) is 12.5. The highest BCUT2D eigenvalue weighted by Gasteiger charge is 2.28. The van der Waals surface area contributed by atoms with E-state index in [1.165, 1.54) is 4.90 Å². The number of likely N-dealkylation sites (N-methyl/N-ethyl adjacent to an activating group) is 1. The molecule has 1 atom stereocenters. The minimum absolute atomic E-state index is 0.0909. The molecular formula is C27H33FN6O4. The molecule has 2 N–H and O–H groups in total. The Labute approximate surface area is 220 Å². The molecule has 4 rings (SSSR count). The fourth-order valence-corrected chi connectivity index (χ4v) is 4.51. The minimum Gasteiger partial charge on any atom is -0.465 e. The summed E-state index contributed by atoms with van der Waals surface area (Å²) in [4.78, 5) is 35.8. The van der Waals surface area contributed by atoms with Gasteiger partial charge in [0.05, 0.1) is 17.9 Å². The fraction of sp³-hybridized carbons (Fsp3) is 0.444. The number of carboxylic acid groups (broad SMARTS) is 1. The Kier molecular flexibility index (Phi) is 7.66. The molecule has 10 nitrogen and oxygen atoms in total. The van der Waals surface area contributed by atoms with Crippen molar-refractivity contribution < 1.29 is 23.6 Å². The number of carbonyl (C=O) groups excluding carboxylic acids is 1. The maximum absolute atomic E-state index is 15.7. The van der Waals surface area contributed by atoms with E-state index in [9.17, 15) is 14.7 Å². The van der Waals surface area contributed by atoms with Crippen LogP contribution in [0.15, 0.2) is 35.1 Å². The van der Waals surface area contributed by atoms with Gasteiger partial charge >= 0.3 is 17.9 Å². The number of amides is 2. The molecule has 2 amide bonds. The number of nitrogens with one attached hydrogen (secondary N) is 1. The van der Waals surface area contributed by atoms with Gasteiger partial charge in [-0.15, -0.1) is 0 Å². The van der Waals surface area contributed by atoms with Gasteiger partial charge in [-0.1, -0.05) is 38.1 Å². The Morgan fingerprint density at radius 2 is 2.03 bits per heavy atom. The van der Waals surface area contributed by atoms with E-state index in [4.69, 9.17) is 4.52 Å². The van der Waals surface area contributed by atoms with Crippen LogP contribution in [0.25, 0.3) is 11.1 Å². The summed E-state index contributed by atoms with van der Waals surface area (Å²) in [5.41, 5.74) is 2.51. The van der Waals surface area contributed by atoms with Gasteiger partial charge in [0.2, 0.25) is 0 Å². The molecule has 1 aromatic carbocycles. The van der Waals surface area contributed by atoms with E-state index in [1.54, 1.807) is 44.6 Å². The molecule has 3 aromatic rings. The summed E-state index contributed by atoms with van der Waals surface area (Å²) in [6, 6.07) is 5.08. The highest BCUT2D eigenvalue weighted by atomic mass is 19.1. The highest BCUT2D eigenvalue weighted by Crippen LogP contribution is 2.35. The van der Waals surface area contributed by atoms with Crippen molar-refractivity contribution in [2.45, 2.75) is 58.5 Å². The number of anilines is 1. The second-order valence-corrected chi connectivity index (χ2v) is 10.6. The molecule has 0 spiro atoms. The van der Waals surface area contributed by atoms with Crippen LogP contribution in [0.5, 0.6) is 0 Å². The first kappa shape index (κ1) is 27.0. The first-order valence-corrected chi connectivity index (χ1v) is 12.5. The number of pyridine rings is 1. The molecule has 1 fully saturated rings. The Bertz CT molecular complexity index is 1340. The molecule has 0 saturated carbocycles. The van der Waals surface area contributed by atoms with Crippen LogP contribution >= 0.6 is 0 Å². The van der Waals surface area contributed by atoms with Gasteiger partial charge in [-0.3, -0.25) is 9.78 Å². The number of piperidine rings is 1. The predicted molar refractivity (Wildman–Crippen MR) is 140 cm³/mol. The summed E-state index contributed by atoms with van der Waals surface area (Å²) in [7, 11) is 1.57. The number of halogens is 1. The van der Waals surface area contributed by atoms with Gasteiger partial charge in [-0.05, 0) is 37.0 Å². The minimum atomic E-state index is -0.971. The first-order chi connectivity index (χ1) is 18.0. The van der Waals surface area contributed by atoms with Gasteiger partial charge in [-0.25, -0.2) is 9.18 Å². The van der Waals surface area contributed by atoms with E-state index >= 15 is 4.39 Å². The molecule has 1 aliphatic rings. The van der Waals surface area contributed by atoms with E-state index < -0.39 is 17.8 Å². The van der Waals surface area contributed by atoms with Gasteiger partial charge in [0.25, 0.3) is 0 Å². The molecule has 11 heteroatoms. The molecule has 0 radical (unpaired) electrons. The van der Waals surface area contributed by atoms with Crippen LogP contribution < -0.4 is 10.2 Å². The lowest BCUT2D eigenvalue weighted by molar-refractivity contribution is 0.0906. The molecule has 202 valence electrons. The van der Waals surface area contributed by atoms with E-state index in [1.807, 2.05) is 20.8 Å². The predicted octanol–water partition coefficient (Wildman–Crippen LogP) is 4.39. The van der Waals surface area contributed by atoms with Crippen LogP contribution in [-0.2, 0) is 12.0 Å². The van der Waals surface area contributed by atoms with Crippen molar-refractivity contribution in [3.63, 3.8) is 0 Å². The summed E-state index contributed by atoms with van der Waals surface area (Å²) in [6.07, 6.45) is 3.92. The third kappa shape index (κ3) is 5.61. The van der Waals surface area contributed by atoms with Crippen molar-refractivity contribution in [3.05, 3.63) is 59.3 Å². The average molecular weight is 525 g/mol. The van der Waals surface area contributed by atoms with Crippen LogP contribution in [0.4, 0.5) is 14.9 Å². The quantitative estimate of drug-likeness (QED) is 0.487. The van der Waals surface area contributed by atoms with Crippen molar-refractivity contribution >= 4 is 17.7 Å². The van der Waals surface area contributed by atoms with E-state index in [-0.39, 0.29) is 23.9 Å².